The van der Waals surface area contributed by atoms with Crippen molar-refractivity contribution in [2.45, 2.75) is 31.2 Å². The van der Waals surface area contributed by atoms with E-state index in [9.17, 15) is 0 Å². The van der Waals surface area contributed by atoms with Crippen molar-refractivity contribution in [2.75, 3.05) is 36.9 Å². The van der Waals surface area contributed by atoms with Gasteiger partial charge in [0.25, 0.3) is 0 Å². The zero-order chi connectivity index (χ0) is 16.3. The average Bonchev–Trinajstić information content (AvgIpc) is 2.86. The molecule has 0 bridgehead atoms. The number of fused-ring (bicyclic) bond motifs is 3. The van der Waals surface area contributed by atoms with E-state index in [1.54, 1.807) is 5.56 Å². The molecule has 1 unspecified atom stereocenters. The maximum atomic E-state index is 3.72. The van der Waals surface area contributed by atoms with E-state index in [0.29, 0.717) is 11.5 Å². The van der Waals surface area contributed by atoms with Gasteiger partial charge >= 0.3 is 0 Å². The number of benzene rings is 2. The molecular formula is C21H25N3. The highest BCUT2D eigenvalue weighted by atomic mass is 15.2. The summed E-state index contributed by atoms with van der Waals surface area (Å²) in [5.41, 5.74) is 7.43. The third-order valence-corrected chi connectivity index (χ3v) is 6.35. The summed E-state index contributed by atoms with van der Waals surface area (Å²) in [4.78, 5) is 5.07. The Kier molecular flexibility index (Phi) is 2.99. The summed E-state index contributed by atoms with van der Waals surface area (Å²) in [5, 5.41) is 3.72. The molecule has 1 fully saturated rings. The quantitative estimate of drug-likeness (QED) is 0.781. The van der Waals surface area contributed by atoms with E-state index < -0.39 is 0 Å². The number of para-hydroxylation sites is 3. The first-order valence-corrected chi connectivity index (χ1v) is 9.13. The van der Waals surface area contributed by atoms with Gasteiger partial charge in [0.15, 0.2) is 0 Å². The number of hydrogen-bond acceptors (Lipinski definition) is 3. The van der Waals surface area contributed by atoms with Crippen molar-refractivity contribution < 1.29 is 0 Å². The van der Waals surface area contributed by atoms with Gasteiger partial charge in [0.05, 0.1) is 23.1 Å². The molecule has 3 nitrogen and oxygen atoms in total. The van der Waals surface area contributed by atoms with Gasteiger partial charge in [-0.25, -0.2) is 0 Å². The number of hydrogen-bond donors (Lipinski definition) is 1. The standard InChI is InChI=1S/C21H25N3/c1-15-16-6-5-7-17-20(16)24(19-9-4-3-8-18(19)22-15)14-21(17)10-12-23(2)13-11-21/h3-9,15,22H,10-14H2,1-2H3. The van der Waals surface area contributed by atoms with Crippen molar-refractivity contribution in [3.63, 3.8) is 0 Å². The van der Waals surface area contributed by atoms with Crippen molar-refractivity contribution in [2.24, 2.45) is 0 Å². The third-order valence-electron chi connectivity index (χ3n) is 6.35. The first-order valence-electron chi connectivity index (χ1n) is 9.13. The van der Waals surface area contributed by atoms with Crippen LogP contribution in [0, 0.1) is 0 Å². The number of nitrogens with zero attached hydrogens (tertiary/aromatic N) is 2. The molecule has 1 spiro atoms. The molecule has 3 heteroatoms. The second kappa shape index (κ2) is 5.00. The van der Waals surface area contributed by atoms with E-state index in [1.165, 1.54) is 48.6 Å². The summed E-state index contributed by atoms with van der Waals surface area (Å²) in [6, 6.07) is 16.1. The number of likely N-dealkylation sites (tertiary alicyclic amines) is 1. The van der Waals surface area contributed by atoms with Crippen LogP contribution in [-0.2, 0) is 5.41 Å². The van der Waals surface area contributed by atoms with Crippen LogP contribution in [-0.4, -0.2) is 31.6 Å². The molecule has 1 saturated heterocycles. The Balaban J connectivity index is 1.72. The van der Waals surface area contributed by atoms with Gasteiger partial charge in [0, 0.05) is 12.0 Å². The molecule has 0 saturated carbocycles. The molecule has 3 heterocycles. The summed E-state index contributed by atoms with van der Waals surface area (Å²) < 4.78 is 0. The maximum Gasteiger partial charge on any atom is 0.0647 e. The maximum absolute atomic E-state index is 3.72. The van der Waals surface area contributed by atoms with Crippen LogP contribution in [0.3, 0.4) is 0 Å². The van der Waals surface area contributed by atoms with Crippen molar-refractivity contribution in [1.82, 2.24) is 4.90 Å². The van der Waals surface area contributed by atoms with Crippen LogP contribution in [0.2, 0.25) is 0 Å². The van der Waals surface area contributed by atoms with Crippen LogP contribution < -0.4 is 10.2 Å². The van der Waals surface area contributed by atoms with Crippen molar-refractivity contribution in [1.29, 1.82) is 0 Å². The summed E-state index contributed by atoms with van der Waals surface area (Å²) >= 11 is 0. The van der Waals surface area contributed by atoms with Gasteiger partial charge in [-0.2, -0.15) is 0 Å². The molecule has 1 atom stereocenters. The molecule has 0 radical (unpaired) electrons. The highest BCUT2D eigenvalue weighted by molar-refractivity contribution is 5.85. The number of anilines is 3. The minimum absolute atomic E-state index is 0.321. The minimum Gasteiger partial charge on any atom is -0.377 e. The monoisotopic (exact) mass is 319 g/mol. The van der Waals surface area contributed by atoms with Crippen LogP contribution in [0.5, 0.6) is 0 Å². The summed E-state index contributed by atoms with van der Waals surface area (Å²) in [7, 11) is 2.25. The SMILES string of the molecule is CC1Nc2ccccc2N2CC3(CCN(C)CC3)c3cccc1c32. The summed E-state index contributed by atoms with van der Waals surface area (Å²) in [5.74, 6) is 0. The van der Waals surface area contributed by atoms with Gasteiger partial charge in [0.1, 0.15) is 0 Å². The van der Waals surface area contributed by atoms with Crippen LogP contribution in [0.4, 0.5) is 17.1 Å². The van der Waals surface area contributed by atoms with Crippen molar-refractivity contribution >= 4 is 17.1 Å². The fraction of sp³-hybridized carbons (Fsp3) is 0.429. The molecule has 24 heavy (non-hydrogen) atoms. The second-order valence-corrected chi connectivity index (χ2v) is 7.80. The Morgan fingerprint density at radius 3 is 2.67 bits per heavy atom. The fourth-order valence-electron chi connectivity index (χ4n) is 4.93. The average molecular weight is 319 g/mol. The van der Waals surface area contributed by atoms with Crippen LogP contribution in [0.1, 0.15) is 36.9 Å². The largest absolute Gasteiger partial charge is 0.377 e. The molecule has 124 valence electrons. The lowest BCUT2D eigenvalue weighted by Gasteiger charge is -2.38. The molecule has 2 aromatic carbocycles. The summed E-state index contributed by atoms with van der Waals surface area (Å²) in [6.07, 6.45) is 2.53. The lowest BCUT2D eigenvalue weighted by Crippen LogP contribution is -2.43. The zero-order valence-electron chi connectivity index (χ0n) is 14.5. The van der Waals surface area contributed by atoms with Crippen molar-refractivity contribution in [3.05, 3.63) is 53.6 Å². The highest BCUT2D eigenvalue weighted by Crippen LogP contribution is 2.54. The fourth-order valence-corrected chi connectivity index (χ4v) is 4.93. The smallest absolute Gasteiger partial charge is 0.0647 e. The van der Waals surface area contributed by atoms with E-state index >= 15 is 0 Å². The molecule has 0 amide bonds. The summed E-state index contributed by atoms with van der Waals surface area (Å²) in [6.45, 7) is 5.81. The molecule has 3 aliphatic rings. The number of rotatable bonds is 0. The van der Waals surface area contributed by atoms with Crippen LogP contribution in [0.15, 0.2) is 42.5 Å². The molecular weight excluding hydrogens is 294 g/mol. The van der Waals surface area contributed by atoms with Gasteiger partial charge in [-0.15, -0.1) is 0 Å². The van der Waals surface area contributed by atoms with E-state index in [-0.39, 0.29) is 0 Å². The van der Waals surface area contributed by atoms with Gasteiger partial charge in [0.2, 0.25) is 0 Å². The van der Waals surface area contributed by atoms with Gasteiger partial charge in [-0.3, -0.25) is 0 Å². The Bertz CT molecular complexity index is 789. The molecule has 1 N–H and O–H groups in total. The van der Waals surface area contributed by atoms with Crippen LogP contribution >= 0.6 is 0 Å². The van der Waals surface area contributed by atoms with Crippen LogP contribution in [0.25, 0.3) is 0 Å². The number of piperidine rings is 1. The number of nitrogens with one attached hydrogen (secondary N) is 1. The topological polar surface area (TPSA) is 18.5 Å². The van der Waals surface area contributed by atoms with E-state index in [0.717, 1.165) is 6.54 Å². The third kappa shape index (κ3) is 1.88. The van der Waals surface area contributed by atoms with Gasteiger partial charge < -0.3 is 15.1 Å². The molecule has 0 aromatic heterocycles. The van der Waals surface area contributed by atoms with E-state index in [2.05, 4.69) is 71.6 Å². The Morgan fingerprint density at radius 2 is 1.83 bits per heavy atom. The van der Waals surface area contributed by atoms with Gasteiger partial charge in [-0.1, -0.05) is 30.3 Å². The molecule has 0 aliphatic carbocycles. The predicted molar refractivity (Wildman–Crippen MR) is 100 cm³/mol. The Labute approximate surface area is 144 Å². The first kappa shape index (κ1) is 14.4. The second-order valence-electron chi connectivity index (χ2n) is 7.80. The first-order chi connectivity index (χ1) is 11.7. The highest BCUT2D eigenvalue weighted by Gasteiger charge is 2.46. The molecule has 3 aliphatic heterocycles. The van der Waals surface area contributed by atoms with E-state index in [4.69, 9.17) is 0 Å². The Morgan fingerprint density at radius 1 is 1.04 bits per heavy atom. The molecule has 5 rings (SSSR count). The normalized spacial score (nSPS) is 24.2. The molecule has 2 aromatic rings. The van der Waals surface area contributed by atoms with Gasteiger partial charge in [-0.05, 0) is 63.2 Å². The van der Waals surface area contributed by atoms with Crippen molar-refractivity contribution in [3.8, 4) is 0 Å². The minimum atomic E-state index is 0.321. The Hall–Kier alpha value is -2.00. The lowest BCUT2D eigenvalue weighted by atomic mass is 9.74. The lowest BCUT2D eigenvalue weighted by molar-refractivity contribution is 0.198. The zero-order valence-corrected chi connectivity index (χ0v) is 14.5. The van der Waals surface area contributed by atoms with E-state index in [1.807, 2.05) is 0 Å². The predicted octanol–water partition coefficient (Wildman–Crippen LogP) is 4.29.